The molecule has 6 heteroatoms. The molecule has 0 spiro atoms. The van der Waals surface area contributed by atoms with Gasteiger partial charge in [0.2, 0.25) is 0 Å². The molecule has 0 saturated carbocycles. The number of ether oxygens (including phenoxy) is 1. The van der Waals surface area contributed by atoms with E-state index in [0.29, 0.717) is 20.8 Å². The van der Waals surface area contributed by atoms with Crippen LogP contribution in [0, 0.1) is 0 Å². The van der Waals surface area contributed by atoms with Crippen molar-refractivity contribution in [3.05, 3.63) is 58.1 Å². The van der Waals surface area contributed by atoms with E-state index in [2.05, 4.69) is 10.6 Å². The molecule has 0 saturated heterocycles. The van der Waals surface area contributed by atoms with Gasteiger partial charge in [0.05, 0.1) is 28.9 Å². The molecule has 0 aliphatic rings. The molecule has 22 heavy (non-hydrogen) atoms. The first-order valence-electron chi connectivity index (χ1n) is 6.66. The van der Waals surface area contributed by atoms with Crippen molar-refractivity contribution in [2.24, 2.45) is 0 Å². The molecular weight excluding hydrogens is 339 g/mol. The molecule has 0 unspecified atom stereocenters. The van der Waals surface area contributed by atoms with Gasteiger partial charge in [-0.2, -0.15) is 0 Å². The number of rotatable bonds is 4. The minimum Gasteiger partial charge on any atom is -0.497 e. The monoisotopic (exact) mass is 354 g/mol. The first-order chi connectivity index (χ1) is 10.5. The standard InChI is InChI=1S/C16H16Cl2N2OS/c1-10(11-5-3-6-12(9-11)21-2)19-16(22)20-14-8-4-7-13(17)15(14)18/h3-10H,1-2H3,(H2,19,20,22)/t10-/m0/s1. The first-order valence-corrected chi connectivity index (χ1v) is 7.83. The van der Waals surface area contributed by atoms with Crippen LogP contribution in [0.4, 0.5) is 5.69 Å². The van der Waals surface area contributed by atoms with Crippen LogP contribution in [0.3, 0.4) is 0 Å². The molecule has 116 valence electrons. The number of halogens is 2. The van der Waals surface area contributed by atoms with Gasteiger partial charge >= 0.3 is 0 Å². The van der Waals surface area contributed by atoms with Crippen LogP contribution >= 0.6 is 35.4 Å². The molecule has 0 amide bonds. The van der Waals surface area contributed by atoms with E-state index >= 15 is 0 Å². The van der Waals surface area contributed by atoms with E-state index in [-0.39, 0.29) is 6.04 Å². The van der Waals surface area contributed by atoms with Crippen LogP contribution in [0.1, 0.15) is 18.5 Å². The fraction of sp³-hybridized carbons (Fsp3) is 0.188. The Labute approximate surface area is 145 Å². The summed E-state index contributed by atoms with van der Waals surface area (Å²) in [6, 6.07) is 13.2. The summed E-state index contributed by atoms with van der Waals surface area (Å²) in [6.07, 6.45) is 0. The summed E-state index contributed by atoms with van der Waals surface area (Å²) in [4.78, 5) is 0. The van der Waals surface area contributed by atoms with Crippen molar-refractivity contribution in [1.82, 2.24) is 5.32 Å². The summed E-state index contributed by atoms with van der Waals surface area (Å²) in [6.45, 7) is 2.02. The van der Waals surface area contributed by atoms with Gasteiger partial charge < -0.3 is 15.4 Å². The van der Waals surface area contributed by atoms with Crippen molar-refractivity contribution in [3.63, 3.8) is 0 Å². The fourth-order valence-corrected chi connectivity index (χ4v) is 2.58. The van der Waals surface area contributed by atoms with E-state index in [1.807, 2.05) is 43.3 Å². The van der Waals surface area contributed by atoms with E-state index < -0.39 is 0 Å². The van der Waals surface area contributed by atoms with E-state index in [9.17, 15) is 0 Å². The Morgan fingerprint density at radius 1 is 1.18 bits per heavy atom. The summed E-state index contributed by atoms with van der Waals surface area (Å²) in [5.74, 6) is 0.808. The lowest BCUT2D eigenvalue weighted by atomic mass is 10.1. The molecule has 2 aromatic rings. The number of methoxy groups -OCH3 is 1. The maximum absolute atomic E-state index is 6.13. The molecule has 0 fully saturated rings. The Morgan fingerprint density at radius 3 is 2.64 bits per heavy atom. The zero-order valence-electron chi connectivity index (χ0n) is 12.2. The highest BCUT2D eigenvalue weighted by atomic mass is 35.5. The highest BCUT2D eigenvalue weighted by Gasteiger charge is 2.10. The molecule has 2 rings (SSSR count). The third kappa shape index (κ3) is 4.26. The van der Waals surface area contributed by atoms with Gasteiger partial charge in [0.1, 0.15) is 5.75 Å². The van der Waals surface area contributed by atoms with Crippen molar-refractivity contribution in [1.29, 1.82) is 0 Å². The van der Waals surface area contributed by atoms with Gasteiger partial charge in [0.25, 0.3) is 0 Å². The second kappa shape index (κ2) is 7.68. The Balaban J connectivity index is 2.03. The van der Waals surface area contributed by atoms with Crippen LogP contribution < -0.4 is 15.4 Å². The molecule has 2 N–H and O–H groups in total. The zero-order valence-corrected chi connectivity index (χ0v) is 14.5. The van der Waals surface area contributed by atoms with Gasteiger partial charge in [-0.1, -0.05) is 41.4 Å². The molecule has 1 atom stereocenters. The van der Waals surface area contributed by atoms with Crippen molar-refractivity contribution < 1.29 is 4.74 Å². The molecular formula is C16H16Cl2N2OS. The van der Waals surface area contributed by atoms with Crippen LogP contribution in [0.2, 0.25) is 10.0 Å². The van der Waals surface area contributed by atoms with Gasteiger partial charge in [-0.05, 0) is 49.0 Å². The molecule has 0 aliphatic heterocycles. The van der Waals surface area contributed by atoms with Crippen LogP contribution in [0.5, 0.6) is 5.75 Å². The number of benzene rings is 2. The van der Waals surface area contributed by atoms with Crippen LogP contribution in [-0.2, 0) is 0 Å². The lowest BCUT2D eigenvalue weighted by Gasteiger charge is -2.18. The summed E-state index contributed by atoms with van der Waals surface area (Å²) in [5, 5.41) is 7.66. The van der Waals surface area contributed by atoms with Gasteiger partial charge in [-0.25, -0.2) is 0 Å². The Kier molecular flexibility index (Phi) is 5.89. The van der Waals surface area contributed by atoms with Crippen LogP contribution in [0.25, 0.3) is 0 Å². The van der Waals surface area contributed by atoms with Crippen molar-refractivity contribution in [2.75, 3.05) is 12.4 Å². The van der Waals surface area contributed by atoms with Gasteiger partial charge in [0.15, 0.2) is 5.11 Å². The lowest BCUT2D eigenvalue weighted by Crippen LogP contribution is -2.31. The molecule has 0 aromatic heterocycles. The average molecular weight is 355 g/mol. The van der Waals surface area contributed by atoms with E-state index in [0.717, 1.165) is 11.3 Å². The quantitative estimate of drug-likeness (QED) is 0.752. The van der Waals surface area contributed by atoms with Crippen LogP contribution in [0.15, 0.2) is 42.5 Å². The summed E-state index contributed by atoms with van der Waals surface area (Å²) >= 11 is 17.4. The maximum Gasteiger partial charge on any atom is 0.171 e. The zero-order chi connectivity index (χ0) is 16.1. The van der Waals surface area contributed by atoms with Crippen molar-refractivity contribution in [3.8, 4) is 5.75 Å². The largest absolute Gasteiger partial charge is 0.497 e. The van der Waals surface area contributed by atoms with E-state index in [1.165, 1.54) is 0 Å². The minimum absolute atomic E-state index is 0.0214. The first kappa shape index (κ1) is 16.9. The number of thiocarbonyl (C=S) groups is 1. The topological polar surface area (TPSA) is 33.3 Å². The van der Waals surface area contributed by atoms with Crippen molar-refractivity contribution >= 4 is 46.2 Å². The summed E-state index contributed by atoms with van der Waals surface area (Å²) < 4.78 is 5.23. The fourth-order valence-electron chi connectivity index (χ4n) is 1.95. The van der Waals surface area contributed by atoms with Gasteiger partial charge in [-0.3, -0.25) is 0 Å². The van der Waals surface area contributed by atoms with E-state index in [1.54, 1.807) is 13.2 Å². The molecule has 3 nitrogen and oxygen atoms in total. The molecule has 2 aromatic carbocycles. The smallest absolute Gasteiger partial charge is 0.171 e. The second-order valence-electron chi connectivity index (χ2n) is 4.70. The number of hydrogen-bond donors (Lipinski definition) is 2. The predicted molar refractivity (Wildman–Crippen MR) is 97.2 cm³/mol. The third-order valence-corrected chi connectivity index (χ3v) is 4.18. The minimum atomic E-state index is 0.0214. The highest BCUT2D eigenvalue weighted by Crippen LogP contribution is 2.29. The Hall–Kier alpha value is -1.49. The summed E-state index contributed by atoms with van der Waals surface area (Å²) in [5.41, 5.74) is 1.74. The number of hydrogen-bond acceptors (Lipinski definition) is 2. The van der Waals surface area contributed by atoms with Gasteiger partial charge in [0, 0.05) is 0 Å². The average Bonchev–Trinajstić information content (AvgIpc) is 2.51. The van der Waals surface area contributed by atoms with Gasteiger partial charge in [-0.15, -0.1) is 0 Å². The molecule has 0 aliphatic carbocycles. The van der Waals surface area contributed by atoms with Crippen molar-refractivity contribution in [2.45, 2.75) is 13.0 Å². The molecule has 0 heterocycles. The van der Waals surface area contributed by atoms with E-state index in [4.69, 9.17) is 40.2 Å². The summed E-state index contributed by atoms with van der Waals surface area (Å²) in [7, 11) is 1.64. The third-order valence-electron chi connectivity index (χ3n) is 3.14. The number of nitrogens with one attached hydrogen (secondary N) is 2. The normalized spacial score (nSPS) is 11.6. The molecule has 0 radical (unpaired) electrons. The lowest BCUT2D eigenvalue weighted by molar-refractivity contribution is 0.413. The predicted octanol–water partition coefficient (Wildman–Crippen LogP) is 5.05. The highest BCUT2D eigenvalue weighted by molar-refractivity contribution is 7.80. The Morgan fingerprint density at radius 2 is 1.91 bits per heavy atom. The van der Waals surface area contributed by atoms with Crippen LogP contribution in [-0.4, -0.2) is 12.2 Å². The Bertz CT molecular complexity index is 679. The number of anilines is 1. The second-order valence-corrected chi connectivity index (χ2v) is 5.89. The molecule has 0 bridgehead atoms. The maximum atomic E-state index is 6.13. The SMILES string of the molecule is COc1cccc([C@H](C)NC(=S)Nc2cccc(Cl)c2Cl)c1.